The maximum atomic E-state index is 12.5. The molecule has 2 amide bonds. The van der Waals surface area contributed by atoms with Gasteiger partial charge >= 0.3 is 12.1 Å². The largest absolute Gasteiger partial charge is 0.476 e. The molecule has 0 fully saturated rings. The Balaban J connectivity index is 2.86. The number of aliphatic carboxylic acids is 1. The van der Waals surface area contributed by atoms with Crippen LogP contribution in [-0.2, 0) is 19.2 Å². The molecule has 0 atom stereocenters. The first kappa shape index (κ1) is 22.2. The van der Waals surface area contributed by atoms with Crippen LogP contribution in [0.1, 0.15) is 40.3 Å². The van der Waals surface area contributed by atoms with Crippen LogP contribution in [0.5, 0.6) is 0 Å². The minimum atomic E-state index is -1.59. The van der Waals surface area contributed by atoms with E-state index in [0.717, 1.165) is 16.3 Å². The summed E-state index contributed by atoms with van der Waals surface area (Å²) in [6.45, 7) is 7.75. The van der Waals surface area contributed by atoms with Gasteiger partial charge in [0.1, 0.15) is 11.3 Å². The lowest BCUT2D eigenvalue weighted by Gasteiger charge is -2.28. The number of thiazole rings is 1. The van der Waals surface area contributed by atoms with E-state index in [0.29, 0.717) is 0 Å². The van der Waals surface area contributed by atoms with Crippen molar-refractivity contribution < 1.29 is 29.1 Å². The molecule has 0 spiro atoms. The minimum absolute atomic E-state index is 0.00786. The monoisotopic (exact) mass is 401 g/mol. The van der Waals surface area contributed by atoms with E-state index >= 15 is 0 Å². The van der Waals surface area contributed by atoms with Gasteiger partial charge in [-0.25, -0.2) is 20.0 Å². The summed E-state index contributed by atoms with van der Waals surface area (Å²) in [7, 11) is 1.29. The first-order valence-electron chi connectivity index (χ1n) is 7.71. The standard InChI is InChI=1S/C15H23N5O6S/c1-14(2,3)25-13(24)18-20(6)11(23)15(4,5)26-19-9(10(21)22)8-7-27-12(16)17-8/h7H,1-6H3,(H2,16,17)(H,18,24)(H,21,22). The maximum Gasteiger partial charge on any atom is 0.426 e. The number of hydrogen-bond acceptors (Lipinski definition) is 9. The van der Waals surface area contributed by atoms with Gasteiger partial charge in [0.25, 0.3) is 5.91 Å². The Morgan fingerprint density at radius 1 is 1.30 bits per heavy atom. The van der Waals surface area contributed by atoms with E-state index < -0.39 is 34.9 Å². The zero-order valence-corrected chi connectivity index (χ0v) is 16.7. The molecule has 150 valence electrons. The Kier molecular flexibility index (Phi) is 6.73. The molecule has 4 N–H and O–H groups in total. The van der Waals surface area contributed by atoms with Crippen molar-refractivity contribution in [2.24, 2.45) is 5.16 Å². The van der Waals surface area contributed by atoms with Crippen molar-refractivity contribution in [1.29, 1.82) is 0 Å². The Bertz CT molecular complexity index is 752. The highest BCUT2D eigenvalue weighted by Crippen LogP contribution is 2.16. The van der Waals surface area contributed by atoms with Crippen molar-refractivity contribution in [3.63, 3.8) is 0 Å². The van der Waals surface area contributed by atoms with E-state index in [4.69, 9.17) is 15.3 Å². The molecule has 11 nitrogen and oxygen atoms in total. The number of rotatable bonds is 5. The minimum Gasteiger partial charge on any atom is -0.476 e. The SMILES string of the molecule is CN(NC(=O)OC(C)(C)C)C(=O)C(C)(C)ON=C(C(=O)O)c1csc(N)n1. The second-order valence-electron chi connectivity index (χ2n) is 6.90. The van der Waals surface area contributed by atoms with Gasteiger partial charge in [-0.05, 0) is 34.6 Å². The normalized spacial score (nSPS) is 12.3. The number of oxime groups is 1. The van der Waals surface area contributed by atoms with Gasteiger partial charge in [0.15, 0.2) is 5.13 Å². The van der Waals surface area contributed by atoms with E-state index in [-0.39, 0.29) is 10.8 Å². The van der Waals surface area contributed by atoms with Gasteiger partial charge < -0.3 is 20.4 Å². The highest BCUT2D eigenvalue weighted by molar-refractivity contribution is 7.13. The Morgan fingerprint density at radius 3 is 2.33 bits per heavy atom. The molecule has 0 aliphatic heterocycles. The molecular formula is C15H23N5O6S. The summed E-state index contributed by atoms with van der Waals surface area (Å²) in [5.74, 6) is -2.09. The number of nitrogens with two attached hydrogens (primary N) is 1. The fourth-order valence-electron chi connectivity index (χ4n) is 1.68. The zero-order valence-electron chi connectivity index (χ0n) is 15.9. The molecule has 1 rings (SSSR count). The second kappa shape index (κ2) is 8.20. The molecule has 12 heteroatoms. The quantitative estimate of drug-likeness (QED) is 0.491. The number of carboxylic acids is 1. The van der Waals surface area contributed by atoms with Gasteiger partial charge in [0.2, 0.25) is 11.3 Å². The predicted octanol–water partition coefficient (Wildman–Crippen LogP) is 1.21. The third-order valence-electron chi connectivity index (χ3n) is 2.81. The van der Waals surface area contributed by atoms with E-state index in [9.17, 15) is 19.5 Å². The number of aromatic nitrogens is 1. The van der Waals surface area contributed by atoms with Crippen LogP contribution in [0.25, 0.3) is 0 Å². The number of amides is 2. The number of nitrogen functional groups attached to an aromatic ring is 1. The number of anilines is 1. The molecule has 1 aromatic rings. The molecule has 0 saturated heterocycles. The van der Waals surface area contributed by atoms with Gasteiger partial charge in [-0.3, -0.25) is 9.80 Å². The molecule has 0 radical (unpaired) electrons. The average molecular weight is 401 g/mol. The summed E-state index contributed by atoms with van der Waals surface area (Å²) < 4.78 is 5.05. The van der Waals surface area contributed by atoms with Crippen molar-refractivity contribution in [2.75, 3.05) is 12.8 Å². The van der Waals surface area contributed by atoms with Crippen LogP contribution in [0.4, 0.5) is 9.93 Å². The van der Waals surface area contributed by atoms with Crippen molar-refractivity contribution in [3.05, 3.63) is 11.1 Å². The highest BCUT2D eigenvalue weighted by Gasteiger charge is 2.35. The van der Waals surface area contributed by atoms with Crippen molar-refractivity contribution in [1.82, 2.24) is 15.4 Å². The summed E-state index contributed by atoms with van der Waals surface area (Å²) in [5.41, 5.74) is 4.89. The number of carboxylic acid groups (broad SMARTS) is 1. The van der Waals surface area contributed by atoms with Crippen molar-refractivity contribution >= 4 is 40.1 Å². The molecule has 0 unspecified atom stereocenters. The number of carbonyl (C=O) groups is 3. The lowest BCUT2D eigenvalue weighted by atomic mass is 10.1. The van der Waals surface area contributed by atoms with Gasteiger partial charge in [-0.15, -0.1) is 11.3 Å². The predicted molar refractivity (Wildman–Crippen MR) is 98.0 cm³/mol. The first-order valence-corrected chi connectivity index (χ1v) is 8.59. The van der Waals surface area contributed by atoms with E-state index in [2.05, 4.69) is 15.6 Å². The third kappa shape index (κ3) is 6.73. The molecule has 0 aliphatic carbocycles. The first-order chi connectivity index (χ1) is 12.2. The Morgan fingerprint density at radius 2 is 1.89 bits per heavy atom. The highest BCUT2D eigenvalue weighted by atomic mass is 32.1. The van der Waals surface area contributed by atoms with Crippen molar-refractivity contribution in [3.8, 4) is 0 Å². The Hall–Kier alpha value is -2.89. The molecule has 27 heavy (non-hydrogen) atoms. The van der Waals surface area contributed by atoms with E-state index in [1.165, 1.54) is 26.3 Å². The van der Waals surface area contributed by atoms with Crippen LogP contribution in [0, 0.1) is 0 Å². The number of hydrazine groups is 1. The summed E-state index contributed by atoms with van der Waals surface area (Å²) >= 11 is 1.04. The maximum absolute atomic E-state index is 12.5. The van der Waals surface area contributed by atoms with Crippen LogP contribution >= 0.6 is 11.3 Å². The second-order valence-corrected chi connectivity index (χ2v) is 7.79. The van der Waals surface area contributed by atoms with Crippen LogP contribution in [0.3, 0.4) is 0 Å². The van der Waals surface area contributed by atoms with E-state index in [1.54, 1.807) is 20.8 Å². The zero-order chi connectivity index (χ0) is 21.0. The molecule has 0 saturated carbocycles. The van der Waals surface area contributed by atoms with E-state index in [1.807, 2.05) is 0 Å². The molecule has 0 aromatic carbocycles. The molecule has 1 aromatic heterocycles. The fraction of sp³-hybridized carbons (Fsp3) is 0.533. The summed E-state index contributed by atoms with van der Waals surface area (Å²) in [6, 6.07) is 0. The Labute approximate surface area is 160 Å². The molecule has 0 aliphatic rings. The smallest absolute Gasteiger partial charge is 0.426 e. The van der Waals surface area contributed by atoms with Crippen LogP contribution in [0.2, 0.25) is 0 Å². The van der Waals surface area contributed by atoms with Crippen LogP contribution in [0.15, 0.2) is 10.5 Å². The number of nitrogens with one attached hydrogen (secondary N) is 1. The lowest BCUT2D eigenvalue weighted by molar-refractivity contribution is -0.156. The summed E-state index contributed by atoms with van der Waals surface area (Å²) in [5, 5.41) is 15.2. The fourth-order valence-corrected chi connectivity index (χ4v) is 2.23. The summed E-state index contributed by atoms with van der Waals surface area (Å²) in [6.07, 6.45) is -0.832. The number of hydrogen-bond donors (Lipinski definition) is 3. The van der Waals surface area contributed by atoms with Crippen LogP contribution in [-0.4, -0.2) is 57.0 Å². The van der Waals surface area contributed by atoms with Gasteiger partial charge in [0.05, 0.1) is 0 Å². The number of likely N-dealkylation sites (N-methyl/N-ethyl adjacent to an activating group) is 1. The third-order valence-corrected chi connectivity index (χ3v) is 3.48. The van der Waals surface area contributed by atoms with Gasteiger partial charge in [0, 0.05) is 12.4 Å². The molecule has 1 heterocycles. The van der Waals surface area contributed by atoms with Gasteiger partial charge in [-0.1, -0.05) is 5.16 Å². The molecule has 0 bridgehead atoms. The average Bonchev–Trinajstić information content (AvgIpc) is 2.90. The molecular weight excluding hydrogens is 378 g/mol. The number of carbonyl (C=O) groups excluding carboxylic acids is 2. The topological polar surface area (TPSA) is 156 Å². The number of nitrogens with zero attached hydrogens (tertiary/aromatic N) is 3. The van der Waals surface area contributed by atoms with Crippen molar-refractivity contribution in [2.45, 2.75) is 45.8 Å². The lowest BCUT2D eigenvalue weighted by Crippen LogP contribution is -2.53. The van der Waals surface area contributed by atoms with Crippen LogP contribution < -0.4 is 11.2 Å². The van der Waals surface area contributed by atoms with Gasteiger partial charge in [-0.2, -0.15) is 0 Å². The number of ether oxygens (including phenoxy) is 1. The summed E-state index contributed by atoms with van der Waals surface area (Å²) in [4.78, 5) is 44.5.